The molecule has 0 bridgehead atoms. The first-order chi connectivity index (χ1) is 11.8. The Morgan fingerprint density at radius 3 is 1.58 bits per heavy atom. The molecule has 0 atom stereocenters. The first-order valence-corrected chi connectivity index (χ1v) is 7.99. The lowest BCUT2D eigenvalue weighted by atomic mass is 9.84. The Kier molecular flexibility index (Phi) is 4.83. The van der Waals surface area contributed by atoms with Crippen LogP contribution in [0.3, 0.4) is 0 Å². The summed E-state index contributed by atoms with van der Waals surface area (Å²) in [5.41, 5.74) is 0.175. The number of carbonyl (C=O) groups is 1. The summed E-state index contributed by atoms with van der Waals surface area (Å²) >= 11 is 0. The van der Waals surface area contributed by atoms with Crippen LogP contribution in [0.2, 0.25) is 0 Å². The highest BCUT2D eigenvalue weighted by atomic mass is 31.0. The number of hydrogen-bond acceptors (Lipinski definition) is 3. The van der Waals surface area contributed by atoms with Gasteiger partial charge in [-0.15, -0.1) is 0 Å². The van der Waals surface area contributed by atoms with E-state index in [9.17, 15) is 4.79 Å². The molecule has 118 valence electrons. The molecule has 0 fully saturated rings. The van der Waals surface area contributed by atoms with Crippen molar-refractivity contribution in [3.63, 3.8) is 0 Å². The third kappa shape index (κ3) is 2.99. The van der Waals surface area contributed by atoms with Crippen molar-refractivity contribution in [3.8, 4) is 5.75 Å². The number of carbonyl (C=O) groups excluding carboxylic acids is 1. The van der Waals surface area contributed by atoms with Gasteiger partial charge in [-0.25, -0.2) is 9.54 Å². The largest absolute Gasteiger partial charge is 0.424 e. The van der Waals surface area contributed by atoms with E-state index in [1.54, 1.807) is 12.1 Å². The Morgan fingerprint density at radius 1 is 0.750 bits per heavy atom. The second kappa shape index (κ2) is 7.20. The maximum Gasteiger partial charge on any atom is 0.349 e. The zero-order valence-corrected chi connectivity index (χ0v) is 13.9. The third-order valence-corrected chi connectivity index (χ3v) is 4.14. The maximum absolute atomic E-state index is 13.1. The highest BCUT2D eigenvalue weighted by molar-refractivity contribution is 7.04. The van der Waals surface area contributed by atoms with Crippen LogP contribution in [0.4, 0.5) is 0 Å². The quantitative estimate of drug-likeness (QED) is 0.380. The minimum atomic E-state index is -1.28. The number of hydrogen-bond donors (Lipinski definition) is 0. The highest BCUT2D eigenvalue weighted by Gasteiger charge is 2.43. The molecule has 0 saturated carbocycles. The molecular formula is C20H16NO2P. The molecule has 0 heterocycles. The van der Waals surface area contributed by atoms with Crippen LogP contribution in [0, 0.1) is 0 Å². The van der Waals surface area contributed by atoms with Gasteiger partial charge in [-0.05, 0) is 32.3 Å². The minimum Gasteiger partial charge on any atom is -0.424 e. The summed E-state index contributed by atoms with van der Waals surface area (Å²) < 4.78 is 9.90. The first-order valence-electron chi connectivity index (χ1n) is 7.54. The summed E-state index contributed by atoms with van der Waals surface area (Å²) in [7, 11) is 3.24. The molecule has 3 aromatic rings. The lowest BCUT2D eigenvalue weighted by Gasteiger charge is -2.27. The van der Waals surface area contributed by atoms with Gasteiger partial charge in [-0.2, -0.15) is 0 Å². The predicted molar refractivity (Wildman–Crippen MR) is 96.5 cm³/mol. The molecule has 0 spiro atoms. The van der Waals surface area contributed by atoms with Crippen molar-refractivity contribution in [2.45, 2.75) is 5.54 Å². The van der Waals surface area contributed by atoms with E-state index in [0.717, 1.165) is 11.1 Å². The number of nitrogens with zero attached hydrogens (tertiary/aromatic N) is 1. The molecule has 0 radical (unpaired) electrons. The zero-order chi connectivity index (χ0) is 16.8. The zero-order valence-electron chi connectivity index (χ0n) is 12.9. The summed E-state index contributed by atoms with van der Waals surface area (Å²) in [6, 6.07) is 27.7. The van der Waals surface area contributed by atoms with Gasteiger partial charge in [0, 0.05) is 0 Å². The Bertz CT molecular complexity index is 781. The fraction of sp³-hybridized carbons (Fsp3) is 0.0500. The fourth-order valence-corrected chi connectivity index (χ4v) is 2.95. The lowest BCUT2D eigenvalue weighted by Crippen LogP contribution is -2.38. The van der Waals surface area contributed by atoms with Crippen molar-refractivity contribution >= 4 is 15.0 Å². The van der Waals surface area contributed by atoms with E-state index < -0.39 is 11.5 Å². The molecule has 0 saturated heterocycles. The lowest BCUT2D eigenvalue weighted by molar-refractivity contribution is -0.139. The van der Waals surface area contributed by atoms with Crippen molar-refractivity contribution in [1.82, 2.24) is 0 Å². The monoisotopic (exact) mass is 333 g/mol. The number of ether oxygens (including phenoxy) is 1. The van der Waals surface area contributed by atoms with E-state index in [0.29, 0.717) is 5.75 Å². The van der Waals surface area contributed by atoms with Crippen LogP contribution in [0.5, 0.6) is 5.75 Å². The van der Waals surface area contributed by atoms with Crippen LogP contribution in [0.1, 0.15) is 11.1 Å². The molecule has 4 heteroatoms. The normalized spacial score (nSPS) is 10.8. The van der Waals surface area contributed by atoms with Gasteiger partial charge in [0.1, 0.15) is 5.75 Å². The Labute approximate surface area is 143 Å². The van der Waals surface area contributed by atoms with Crippen molar-refractivity contribution in [3.05, 3.63) is 102 Å². The first kappa shape index (κ1) is 16.1. The number of esters is 1. The molecular weight excluding hydrogens is 317 g/mol. The van der Waals surface area contributed by atoms with E-state index >= 15 is 0 Å². The van der Waals surface area contributed by atoms with Gasteiger partial charge in [0.25, 0.3) is 0 Å². The van der Waals surface area contributed by atoms with Crippen LogP contribution in [0.25, 0.3) is 0 Å². The van der Waals surface area contributed by atoms with Crippen molar-refractivity contribution in [1.29, 1.82) is 0 Å². The molecule has 0 aromatic heterocycles. The summed E-state index contributed by atoms with van der Waals surface area (Å²) in [5, 5.41) is 0. The maximum atomic E-state index is 13.1. The molecule has 0 N–H and O–H groups in total. The average Bonchev–Trinajstić information content (AvgIpc) is 2.65. The molecule has 0 amide bonds. The third-order valence-electron chi connectivity index (χ3n) is 3.80. The number of para-hydroxylation sites is 1. The number of rotatable bonds is 5. The van der Waals surface area contributed by atoms with Gasteiger partial charge in [-0.1, -0.05) is 78.9 Å². The summed E-state index contributed by atoms with van der Waals surface area (Å²) in [6.45, 7) is 0. The van der Waals surface area contributed by atoms with Crippen LogP contribution in [-0.2, 0) is 10.3 Å². The second-order valence-electron chi connectivity index (χ2n) is 5.26. The Hall–Kier alpha value is -2.77. The molecule has 0 aliphatic rings. The fourth-order valence-electron chi connectivity index (χ4n) is 2.61. The van der Waals surface area contributed by atoms with Crippen LogP contribution in [-0.4, -0.2) is 5.97 Å². The molecule has 24 heavy (non-hydrogen) atoms. The van der Waals surface area contributed by atoms with Gasteiger partial charge in [-0.3, -0.25) is 0 Å². The van der Waals surface area contributed by atoms with Gasteiger partial charge in [0.05, 0.1) is 0 Å². The molecule has 3 rings (SSSR count). The average molecular weight is 333 g/mol. The van der Waals surface area contributed by atoms with Crippen molar-refractivity contribution < 1.29 is 9.53 Å². The van der Waals surface area contributed by atoms with Gasteiger partial charge >= 0.3 is 5.97 Å². The Morgan fingerprint density at radius 2 is 1.17 bits per heavy atom. The topological polar surface area (TPSA) is 38.7 Å². The number of benzene rings is 3. The molecule has 3 nitrogen and oxygen atoms in total. The molecule has 0 aliphatic carbocycles. The standard InChI is InChI=1S/C20H16NO2P/c22-19(23-18-14-8-3-9-15-18)20(21-24,16-10-4-1-5-11-16)17-12-6-2-7-13-17/h1-15,24H. The van der Waals surface area contributed by atoms with Crippen LogP contribution < -0.4 is 4.74 Å². The van der Waals surface area contributed by atoms with Crippen LogP contribution in [0.15, 0.2) is 95.7 Å². The van der Waals surface area contributed by atoms with Gasteiger partial charge in [0.15, 0.2) is 0 Å². The van der Waals surface area contributed by atoms with E-state index in [-0.39, 0.29) is 0 Å². The van der Waals surface area contributed by atoms with Gasteiger partial charge < -0.3 is 4.74 Å². The highest BCUT2D eigenvalue weighted by Crippen LogP contribution is 2.36. The van der Waals surface area contributed by atoms with Crippen molar-refractivity contribution in [2.24, 2.45) is 4.74 Å². The van der Waals surface area contributed by atoms with E-state index in [2.05, 4.69) is 13.8 Å². The predicted octanol–water partition coefficient (Wildman–Crippen LogP) is 4.86. The van der Waals surface area contributed by atoms with E-state index in [1.807, 2.05) is 78.9 Å². The minimum absolute atomic E-state index is 0.471. The summed E-state index contributed by atoms with van der Waals surface area (Å²) in [6.07, 6.45) is 0. The van der Waals surface area contributed by atoms with E-state index in [4.69, 9.17) is 4.74 Å². The second-order valence-corrected chi connectivity index (χ2v) is 5.48. The SMILES string of the molecule is O=C(Oc1ccccc1)C(N=P)(c1ccccc1)c1ccccc1. The molecule has 3 aromatic carbocycles. The van der Waals surface area contributed by atoms with Crippen molar-refractivity contribution in [2.75, 3.05) is 0 Å². The van der Waals surface area contributed by atoms with Crippen LogP contribution >= 0.6 is 9.03 Å². The Balaban J connectivity index is 2.11. The summed E-state index contributed by atoms with van der Waals surface area (Å²) in [4.78, 5) is 13.1. The van der Waals surface area contributed by atoms with E-state index in [1.165, 1.54) is 0 Å². The smallest absolute Gasteiger partial charge is 0.349 e. The molecule has 0 aliphatic heterocycles. The summed E-state index contributed by atoms with van der Waals surface area (Å²) in [5.74, 6) is 0.00940. The molecule has 0 unspecified atom stereocenters. The van der Waals surface area contributed by atoms with Gasteiger partial charge in [0.2, 0.25) is 5.54 Å².